The molecule has 116 valence electrons. The lowest BCUT2D eigenvalue weighted by molar-refractivity contribution is -0.118. The van der Waals surface area contributed by atoms with Crippen LogP contribution in [0.2, 0.25) is 0 Å². The first kappa shape index (κ1) is 14.0. The first-order valence-electron chi connectivity index (χ1n) is 6.88. The number of carbonyl (C=O) groups excluding carboxylic acids is 2. The van der Waals surface area contributed by atoms with Crippen molar-refractivity contribution in [2.75, 3.05) is 5.32 Å². The van der Waals surface area contributed by atoms with Crippen LogP contribution in [-0.4, -0.2) is 36.5 Å². The molecule has 0 saturated heterocycles. The largest absolute Gasteiger partial charge is 0.368 e. The van der Waals surface area contributed by atoms with Gasteiger partial charge in [-0.25, -0.2) is 4.79 Å². The van der Waals surface area contributed by atoms with Crippen LogP contribution in [0.4, 0.5) is 10.5 Å². The second-order valence-corrected chi connectivity index (χ2v) is 4.99. The average molecular weight is 304 g/mol. The van der Waals surface area contributed by atoms with E-state index in [1.807, 2.05) is 4.57 Å². The van der Waals surface area contributed by atoms with Crippen LogP contribution in [-0.2, 0) is 30.8 Å². The zero-order valence-corrected chi connectivity index (χ0v) is 11.8. The number of anilines is 1. The maximum Gasteiger partial charge on any atom is 0.319 e. The van der Waals surface area contributed by atoms with Crippen LogP contribution in [0.15, 0.2) is 12.4 Å². The molecule has 0 bridgehead atoms. The Morgan fingerprint density at radius 3 is 3.05 bits per heavy atom. The Hall–Kier alpha value is -2.91. The van der Waals surface area contributed by atoms with Gasteiger partial charge in [-0.05, 0) is 6.42 Å². The Bertz CT molecular complexity index is 704. The van der Waals surface area contributed by atoms with Crippen LogP contribution >= 0.6 is 0 Å². The minimum Gasteiger partial charge on any atom is -0.368 e. The molecule has 0 radical (unpaired) electrons. The predicted octanol–water partition coefficient (Wildman–Crippen LogP) is -0.772. The molecule has 10 heteroatoms. The van der Waals surface area contributed by atoms with Gasteiger partial charge in [0.2, 0.25) is 5.91 Å². The highest BCUT2D eigenvalue weighted by Crippen LogP contribution is 2.13. The lowest BCUT2D eigenvalue weighted by Crippen LogP contribution is -2.29. The van der Waals surface area contributed by atoms with Crippen molar-refractivity contribution in [1.82, 2.24) is 29.9 Å². The van der Waals surface area contributed by atoms with E-state index in [1.165, 1.54) is 17.1 Å². The van der Waals surface area contributed by atoms with Crippen molar-refractivity contribution < 1.29 is 9.59 Å². The summed E-state index contributed by atoms with van der Waals surface area (Å²) < 4.78 is 3.37. The van der Waals surface area contributed by atoms with E-state index in [1.54, 1.807) is 0 Å². The number of carbonyl (C=O) groups is 2. The molecule has 1 aliphatic heterocycles. The Balaban J connectivity index is 1.52. The summed E-state index contributed by atoms with van der Waals surface area (Å²) in [5.41, 5.74) is 5.54. The summed E-state index contributed by atoms with van der Waals surface area (Å²) in [5.74, 6) is 1.21. The lowest BCUT2D eigenvalue weighted by Gasteiger charge is -2.06. The molecular weight excluding hydrogens is 288 g/mol. The second kappa shape index (κ2) is 5.84. The van der Waals surface area contributed by atoms with Gasteiger partial charge in [-0.15, -0.1) is 10.2 Å². The Kier molecular flexibility index (Phi) is 3.73. The van der Waals surface area contributed by atoms with Crippen LogP contribution in [0.3, 0.4) is 0 Å². The summed E-state index contributed by atoms with van der Waals surface area (Å²) in [5, 5.41) is 17.4. The predicted molar refractivity (Wildman–Crippen MR) is 75.6 cm³/mol. The van der Waals surface area contributed by atoms with Gasteiger partial charge in [-0.3, -0.25) is 9.48 Å². The summed E-state index contributed by atoms with van der Waals surface area (Å²) in [4.78, 5) is 22.6. The minimum atomic E-state index is -0.500. The third-order valence-electron chi connectivity index (χ3n) is 3.30. The van der Waals surface area contributed by atoms with Crippen molar-refractivity contribution in [3.63, 3.8) is 0 Å². The van der Waals surface area contributed by atoms with E-state index in [0.29, 0.717) is 12.2 Å². The molecule has 0 saturated carbocycles. The molecule has 4 N–H and O–H groups in total. The maximum absolute atomic E-state index is 11.8. The molecule has 1 aliphatic rings. The quantitative estimate of drug-likeness (QED) is 0.667. The number of nitrogens with two attached hydrogens (primary N) is 1. The highest BCUT2D eigenvalue weighted by Gasteiger charge is 2.17. The first-order valence-corrected chi connectivity index (χ1v) is 6.88. The van der Waals surface area contributed by atoms with Crippen molar-refractivity contribution in [2.24, 2.45) is 5.73 Å². The molecule has 3 heterocycles. The highest BCUT2D eigenvalue weighted by molar-refractivity contribution is 5.88. The van der Waals surface area contributed by atoms with Crippen LogP contribution in [0, 0.1) is 0 Å². The van der Waals surface area contributed by atoms with Gasteiger partial charge in [0.05, 0.1) is 18.4 Å². The number of rotatable bonds is 5. The van der Waals surface area contributed by atoms with Crippen LogP contribution in [0.25, 0.3) is 0 Å². The van der Waals surface area contributed by atoms with E-state index < -0.39 is 5.91 Å². The van der Waals surface area contributed by atoms with E-state index >= 15 is 0 Å². The van der Waals surface area contributed by atoms with Crippen LogP contribution in [0.1, 0.15) is 18.1 Å². The smallest absolute Gasteiger partial charge is 0.319 e. The number of urea groups is 1. The molecule has 0 spiro atoms. The summed E-state index contributed by atoms with van der Waals surface area (Å²) in [6, 6.07) is -0.381. The number of aryl methyl sites for hydroxylation is 1. The molecule has 3 amide bonds. The van der Waals surface area contributed by atoms with Crippen LogP contribution in [0.5, 0.6) is 0 Å². The SMILES string of the molecule is NC(=O)Cn1cc(NC(=O)NCc2nnc3n2CCC3)cn1. The minimum absolute atomic E-state index is 0.0326. The second-order valence-electron chi connectivity index (χ2n) is 4.99. The van der Waals surface area contributed by atoms with Gasteiger partial charge in [0.15, 0.2) is 5.82 Å². The van der Waals surface area contributed by atoms with Crippen LogP contribution < -0.4 is 16.4 Å². The number of hydrogen-bond acceptors (Lipinski definition) is 5. The third-order valence-corrected chi connectivity index (χ3v) is 3.30. The van der Waals surface area contributed by atoms with E-state index in [-0.39, 0.29) is 12.6 Å². The van der Waals surface area contributed by atoms with Gasteiger partial charge in [-0.1, -0.05) is 0 Å². The van der Waals surface area contributed by atoms with Gasteiger partial charge < -0.3 is 20.9 Å². The van der Waals surface area contributed by atoms with E-state index in [4.69, 9.17) is 5.73 Å². The zero-order valence-electron chi connectivity index (χ0n) is 11.8. The summed E-state index contributed by atoms with van der Waals surface area (Å²) in [6.45, 7) is 1.16. The normalized spacial score (nSPS) is 12.9. The molecule has 0 aromatic carbocycles. The van der Waals surface area contributed by atoms with Crippen molar-refractivity contribution in [2.45, 2.75) is 32.5 Å². The summed E-state index contributed by atoms with van der Waals surface area (Å²) >= 11 is 0. The van der Waals surface area contributed by atoms with Crippen molar-refractivity contribution in [1.29, 1.82) is 0 Å². The number of hydrogen-bond donors (Lipinski definition) is 3. The van der Waals surface area contributed by atoms with Crippen molar-refractivity contribution >= 4 is 17.6 Å². The monoisotopic (exact) mass is 304 g/mol. The molecule has 2 aromatic rings. The van der Waals surface area contributed by atoms with Gasteiger partial charge >= 0.3 is 6.03 Å². The summed E-state index contributed by atoms with van der Waals surface area (Å²) in [7, 11) is 0. The Morgan fingerprint density at radius 2 is 2.23 bits per heavy atom. The highest BCUT2D eigenvalue weighted by atomic mass is 16.2. The first-order chi connectivity index (χ1) is 10.6. The number of nitrogens with zero attached hydrogens (tertiary/aromatic N) is 5. The van der Waals surface area contributed by atoms with Crippen molar-refractivity contribution in [3.05, 3.63) is 24.0 Å². The molecule has 3 rings (SSSR count). The molecule has 0 unspecified atom stereocenters. The van der Waals surface area contributed by atoms with E-state index in [2.05, 4.69) is 25.9 Å². The van der Waals surface area contributed by atoms with Gasteiger partial charge in [0, 0.05) is 19.2 Å². The number of primary amides is 1. The topological polar surface area (TPSA) is 133 Å². The fourth-order valence-electron chi connectivity index (χ4n) is 2.35. The lowest BCUT2D eigenvalue weighted by atomic mass is 10.4. The molecule has 0 atom stereocenters. The fourth-order valence-corrected chi connectivity index (χ4v) is 2.35. The van der Waals surface area contributed by atoms with Gasteiger partial charge in [0.25, 0.3) is 0 Å². The van der Waals surface area contributed by atoms with Gasteiger partial charge in [-0.2, -0.15) is 5.10 Å². The third kappa shape index (κ3) is 3.05. The number of amides is 3. The van der Waals surface area contributed by atoms with Gasteiger partial charge in [0.1, 0.15) is 12.4 Å². The molecule has 0 aliphatic carbocycles. The standard InChI is InChI=1S/C12H16N8O2/c13-9(21)7-19-6-8(4-15-19)16-12(22)14-5-11-18-17-10-2-1-3-20(10)11/h4,6H,1-3,5,7H2,(H2,13,21)(H2,14,16,22). The zero-order chi connectivity index (χ0) is 15.5. The number of nitrogens with one attached hydrogen (secondary N) is 2. The van der Waals surface area contributed by atoms with E-state index in [9.17, 15) is 9.59 Å². The number of aromatic nitrogens is 5. The van der Waals surface area contributed by atoms with Crippen molar-refractivity contribution in [3.8, 4) is 0 Å². The Labute approximate surface area is 125 Å². The molecule has 22 heavy (non-hydrogen) atoms. The fraction of sp³-hybridized carbons (Fsp3) is 0.417. The average Bonchev–Trinajstić information content (AvgIpc) is 3.13. The molecule has 0 fully saturated rings. The molecular formula is C12H16N8O2. The molecule has 10 nitrogen and oxygen atoms in total. The number of fused-ring (bicyclic) bond motifs is 1. The maximum atomic E-state index is 11.8. The molecule has 2 aromatic heterocycles. The summed E-state index contributed by atoms with van der Waals surface area (Å²) in [6.07, 6.45) is 4.96. The van der Waals surface area contributed by atoms with E-state index in [0.717, 1.165) is 31.0 Å². The Morgan fingerprint density at radius 1 is 1.36 bits per heavy atom.